The maximum absolute atomic E-state index is 12.0. The van der Waals surface area contributed by atoms with E-state index in [1.165, 1.54) is 0 Å². The first-order valence-corrected chi connectivity index (χ1v) is 7.61. The lowest BCUT2D eigenvalue weighted by atomic mass is 9.79. The molecule has 0 atom stereocenters. The quantitative estimate of drug-likeness (QED) is 0.761. The molecule has 17 heavy (non-hydrogen) atoms. The molecule has 94 valence electrons. The van der Waals surface area contributed by atoms with Gasteiger partial charge in [-0.1, -0.05) is 0 Å². The van der Waals surface area contributed by atoms with E-state index in [1.54, 1.807) is 11.3 Å². The molecule has 1 fully saturated rings. The number of aryl methyl sites for hydroxylation is 1. The third-order valence-corrected chi connectivity index (χ3v) is 5.38. The van der Waals surface area contributed by atoms with Gasteiger partial charge < -0.3 is 4.74 Å². The van der Waals surface area contributed by atoms with Gasteiger partial charge >= 0.3 is 0 Å². The van der Waals surface area contributed by atoms with E-state index in [0.29, 0.717) is 18.4 Å². The molecule has 1 aromatic heterocycles. The van der Waals surface area contributed by atoms with Gasteiger partial charge in [0.2, 0.25) is 0 Å². The zero-order chi connectivity index (χ0) is 12.4. The second kappa shape index (κ2) is 5.63. The minimum Gasteiger partial charge on any atom is -0.378 e. The molecule has 0 aliphatic heterocycles. The number of ketones is 1. The van der Waals surface area contributed by atoms with Crippen molar-refractivity contribution in [1.29, 1.82) is 0 Å². The van der Waals surface area contributed by atoms with E-state index in [1.807, 2.05) is 19.9 Å². The molecule has 2 rings (SSSR count). The largest absolute Gasteiger partial charge is 0.378 e. The van der Waals surface area contributed by atoms with Gasteiger partial charge in [-0.05, 0) is 60.2 Å². The first kappa shape index (κ1) is 13.2. The van der Waals surface area contributed by atoms with Gasteiger partial charge in [0.05, 0.1) is 14.8 Å². The number of thiophene rings is 1. The Hall–Kier alpha value is -0.190. The Kier molecular flexibility index (Phi) is 4.39. The molecule has 0 radical (unpaired) electrons. The third kappa shape index (κ3) is 3.18. The van der Waals surface area contributed by atoms with Crippen LogP contribution in [0.15, 0.2) is 9.85 Å². The Morgan fingerprint density at radius 3 is 2.82 bits per heavy atom. The predicted molar refractivity (Wildman–Crippen MR) is 73.8 cm³/mol. The molecule has 0 spiro atoms. The fraction of sp³-hybridized carbons (Fsp3) is 0.615. The summed E-state index contributed by atoms with van der Waals surface area (Å²) in [4.78, 5) is 12.9. The summed E-state index contributed by atoms with van der Waals surface area (Å²) in [5.74, 6) is 0.809. The maximum Gasteiger partial charge on any atom is 0.173 e. The van der Waals surface area contributed by atoms with Crippen molar-refractivity contribution in [3.8, 4) is 0 Å². The van der Waals surface area contributed by atoms with E-state index >= 15 is 0 Å². The molecule has 2 nitrogen and oxygen atoms in total. The lowest BCUT2D eigenvalue weighted by Gasteiger charge is -2.34. The monoisotopic (exact) mass is 316 g/mol. The van der Waals surface area contributed by atoms with Crippen molar-refractivity contribution in [3.63, 3.8) is 0 Å². The Balaban J connectivity index is 1.83. The molecule has 0 saturated heterocycles. The highest BCUT2D eigenvalue weighted by Crippen LogP contribution is 2.35. The summed E-state index contributed by atoms with van der Waals surface area (Å²) in [6, 6.07) is 1.98. The lowest BCUT2D eigenvalue weighted by Crippen LogP contribution is -2.32. The molecule has 1 heterocycles. The summed E-state index contributed by atoms with van der Waals surface area (Å²) in [7, 11) is 0. The zero-order valence-corrected chi connectivity index (χ0v) is 12.6. The van der Waals surface area contributed by atoms with E-state index in [0.717, 1.165) is 33.7 Å². The minimum absolute atomic E-state index is 0.281. The number of halogens is 1. The van der Waals surface area contributed by atoms with Gasteiger partial charge in [0.1, 0.15) is 0 Å². The highest BCUT2D eigenvalue weighted by atomic mass is 79.9. The molecule has 4 heteroatoms. The number of carbonyl (C=O) groups excluding carboxylic acids is 1. The Bertz CT molecular complexity index is 388. The van der Waals surface area contributed by atoms with Crippen LogP contribution in [0.3, 0.4) is 0 Å². The summed E-state index contributed by atoms with van der Waals surface area (Å²) < 4.78 is 6.57. The highest BCUT2D eigenvalue weighted by molar-refractivity contribution is 9.11. The predicted octanol–water partition coefficient (Wildman–Crippen LogP) is 4.21. The van der Waals surface area contributed by atoms with Gasteiger partial charge in [-0.3, -0.25) is 4.79 Å². The van der Waals surface area contributed by atoms with Crippen LogP contribution >= 0.6 is 27.3 Å². The molecule has 0 unspecified atom stereocenters. The summed E-state index contributed by atoms with van der Waals surface area (Å²) in [6.45, 7) is 4.82. The third-order valence-electron chi connectivity index (χ3n) is 3.20. The first-order chi connectivity index (χ1) is 8.10. The molecule has 0 aromatic carbocycles. The van der Waals surface area contributed by atoms with Gasteiger partial charge in [-0.15, -0.1) is 11.3 Å². The number of ether oxygens (including phenoxy) is 1. The van der Waals surface area contributed by atoms with Crippen LogP contribution < -0.4 is 0 Å². The molecule has 0 amide bonds. The van der Waals surface area contributed by atoms with Crippen molar-refractivity contribution in [1.82, 2.24) is 0 Å². The number of hydrogen-bond donors (Lipinski definition) is 0. The van der Waals surface area contributed by atoms with E-state index in [4.69, 9.17) is 4.74 Å². The summed E-state index contributed by atoms with van der Waals surface area (Å²) in [5, 5.41) is 0. The van der Waals surface area contributed by atoms with Crippen molar-refractivity contribution < 1.29 is 9.53 Å². The highest BCUT2D eigenvalue weighted by Gasteiger charge is 2.31. The Morgan fingerprint density at radius 2 is 2.29 bits per heavy atom. The molecular weight excluding hydrogens is 300 g/mol. The van der Waals surface area contributed by atoms with Crippen LogP contribution in [-0.4, -0.2) is 18.5 Å². The van der Waals surface area contributed by atoms with Gasteiger partial charge in [-0.2, -0.15) is 0 Å². The van der Waals surface area contributed by atoms with Crippen LogP contribution in [-0.2, 0) is 4.74 Å². The topological polar surface area (TPSA) is 26.3 Å². The molecular formula is C13H17BrO2S. The van der Waals surface area contributed by atoms with Gasteiger partial charge in [-0.25, -0.2) is 0 Å². The van der Waals surface area contributed by atoms with Crippen molar-refractivity contribution in [3.05, 3.63) is 20.3 Å². The molecule has 1 aromatic rings. The average Bonchev–Trinajstić information content (AvgIpc) is 2.56. The Morgan fingerprint density at radius 1 is 1.59 bits per heavy atom. The summed E-state index contributed by atoms with van der Waals surface area (Å²) in [6.07, 6.45) is 3.17. The number of carbonyl (C=O) groups is 1. The molecule has 0 N–H and O–H groups in total. The number of rotatable bonds is 5. The van der Waals surface area contributed by atoms with Crippen molar-refractivity contribution >= 4 is 33.0 Å². The first-order valence-electron chi connectivity index (χ1n) is 6.00. The number of hydrogen-bond acceptors (Lipinski definition) is 3. The van der Waals surface area contributed by atoms with Crippen LogP contribution in [0, 0.1) is 12.8 Å². The van der Waals surface area contributed by atoms with Crippen LogP contribution in [0.2, 0.25) is 0 Å². The van der Waals surface area contributed by atoms with E-state index in [-0.39, 0.29) is 5.78 Å². The average molecular weight is 317 g/mol. The zero-order valence-electron chi connectivity index (χ0n) is 10.2. The van der Waals surface area contributed by atoms with E-state index < -0.39 is 0 Å². The van der Waals surface area contributed by atoms with E-state index in [2.05, 4.69) is 15.9 Å². The molecule has 1 aliphatic carbocycles. The Labute approximate surface area is 114 Å². The van der Waals surface area contributed by atoms with Gasteiger partial charge in [0.15, 0.2) is 5.78 Å². The second-order valence-corrected chi connectivity index (χ2v) is 6.98. The molecule has 1 saturated carbocycles. The lowest BCUT2D eigenvalue weighted by molar-refractivity contribution is -0.0245. The molecule has 0 bridgehead atoms. The SMILES string of the molecule is CCOC1CC(CC(=O)c2cc(C)c(Br)s2)C1. The van der Waals surface area contributed by atoms with Crippen molar-refractivity contribution in [2.75, 3.05) is 6.61 Å². The van der Waals surface area contributed by atoms with Crippen LogP contribution in [0.25, 0.3) is 0 Å². The van der Waals surface area contributed by atoms with Crippen molar-refractivity contribution in [2.45, 2.75) is 39.2 Å². The summed E-state index contributed by atoms with van der Waals surface area (Å²) in [5.41, 5.74) is 1.15. The fourth-order valence-electron chi connectivity index (χ4n) is 2.17. The smallest absolute Gasteiger partial charge is 0.173 e. The fourth-order valence-corrected chi connectivity index (χ4v) is 3.66. The van der Waals surface area contributed by atoms with E-state index in [9.17, 15) is 4.79 Å². The minimum atomic E-state index is 0.281. The van der Waals surface area contributed by atoms with Crippen LogP contribution in [0.4, 0.5) is 0 Å². The second-order valence-electron chi connectivity index (χ2n) is 4.61. The van der Waals surface area contributed by atoms with Crippen LogP contribution in [0.1, 0.15) is 41.4 Å². The number of Topliss-reactive ketones (excluding diaryl/α,β-unsaturated/α-hetero) is 1. The van der Waals surface area contributed by atoms with Gasteiger partial charge in [0.25, 0.3) is 0 Å². The van der Waals surface area contributed by atoms with Crippen LogP contribution in [0.5, 0.6) is 0 Å². The molecule has 1 aliphatic rings. The maximum atomic E-state index is 12.0. The standard InChI is InChI=1S/C13H17BrO2S/c1-3-16-10-5-9(6-10)7-11(15)12-4-8(2)13(14)17-12/h4,9-10H,3,5-7H2,1-2H3. The van der Waals surface area contributed by atoms with Crippen molar-refractivity contribution in [2.24, 2.45) is 5.92 Å². The van der Waals surface area contributed by atoms with Gasteiger partial charge in [0, 0.05) is 13.0 Å². The summed E-state index contributed by atoms with van der Waals surface area (Å²) >= 11 is 5.00. The normalized spacial score (nSPS) is 23.5.